The average molecular weight is 347 g/mol. The number of rotatable bonds is 6. The van der Waals surface area contributed by atoms with Crippen LogP contribution in [0.2, 0.25) is 0 Å². The normalized spacial score (nSPS) is 11.5. The highest BCUT2D eigenvalue weighted by atomic mass is 16.5. The lowest BCUT2D eigenvalue weighted by Gasteiger charge is -2.10. The lowest BCUT2D eigenvalue weighted by Crippen LogP contribution is -2.15. The highest BCUT2D eigenvalue weighted by Crippen LogP contribution is 2.19. The maximum Gasteiger partial charge on any atom is 0.338 e. The van der Waals surface area contributed by atoms with Crippen molar-refractivity contribution in [3.63, 3.8) is 0 Å². The first kappa shape index (κ1) is 17.4. The molecule has 0 fully saturated rings. The molecule has 6 heteroatoms. The monoisotopic (exact) mass is 347 g/mol. The van der Waals surface area contributed by atoms with Gasteiger partial charge in [-0.1, -0.05) is 36.4 Å². The molecule has 0 spiro atoms. The summed E-state index contributed by atoms with van der Waals surface area (Å²) in [7, 11) is 0. The largest absolute Gasteiger partial charge is 0.461 e. The Morgan fingerprint density at radius 3 is 2.69 bits per heavy atom. The molecular weight excluding hydrogens is 330 g/mol. The van der Waals surface area contributed by atoms with E-state index in [-0.39, 0.29) is 6.61 Å². The second-order valence-corrected chi connectivity index (χ2v) is 5.82. The van der Waals surface area contributed by atoms with Gasteiger partial charge in [0.1, 0.15) is 6.61 Å². The van der Waals surface area contributed by atoms with Gasteiger partial charge in [0.25, 0.3) is 0 Å². The van der Waals surface area contributed by atoms with Crippen molar-refractivity contribution in [1.29, 1.82) is 5.26 Å². The Balaban J connectivity index is 1.63. The molecule has 130 valence electrons. The van der Waals surface area contributed by atoms with E-state index in [1.54, 1.807) is 31.2 Å². The molecule has 0 saturated heterocycles. The molecule has 0 aliphatic carbocycles. The number of hydrogen-bond donors (Lipinski definition) is 0. The van der Waals surface area contributed by atoms with Gasteiger partial charge in [-0.2, -0.15) is 5.26 Å². The van der Waals surface area contributed by atoms with E-state index < -0.39 is 11.9 Å². The SMILES string of the molecule is Cc1nnc(-c2cccc(C(=O)OC[C@@H](C#N)Cc3ccccc3)c2)o1. The molecule has 26 heavy (non-hydrogen) atoms. The van der Waals surface area contributed by atoms with Gasteiger partial charge in [-0.05, 0) is 30.2 Å². The number of hydrogen-bond acceptors (Lipinski definition) is 6. The van der Waals surface area contributed by atoms with Gasteiger partial charge in [-0.3, -0.25) is 0 Å². The van der Waals surface area contributed by atoms with Crippen molar-refractivity contribution < 1.29 is 13.9 Å². The molecule has 1 aromatic heterocycles. The van der Waals surface area contributed by atoms with Gasteiger partial charge in [-0.25, -0.2) is 4.79 Å². The Kier molecular flexibility index (Phi) is 5.40. The van der Waals surface area contributed by atoms with E-state index in [1.165, 1.54) is 0 Å². The number of carbonyl (C=O) groups excluding carboxylic acids is 1. The molecule has 3 rings (SSSR count). The second kappa shape index (κ2) is 8.08. The van der Waals surface area contributed by atoms with Gasteiger partial charge in [0, 0.05) is 12.5 Å². The van der Waals surface area contributed by atoms with Gasteiger partial charge in [0.2, 0.25) is 11.8 Å². The van der Waals surface area contributed by atoms with Crippen LogP contribution in [0, 0.1) is 24.2 Å². The van der Waals surface area contributed by atoms with E-state index >= 15 is 0 Å². The first-order valence-electron chi connectivity index (χ1n) is 8.17. The van der Waals surface area contributed by atoms with Crippen molar-refractivity contribution in [3.8, 4) is 17.5 Å². The zero-order valence-corrected chi connectivity index (χ0v) is 14.3. The molecule has 0 amide bonds. The number of aryl methyl sites for hydroxylation is 1. The zero-order chi connectivity index (χ0) is 18.4. The number of benzene rings is 2. The van der Waals surface area contributed by atoms with Gasteiger partial charge in [0.05, 0.1) is 17.6 Å². The third-order valence-corrected chi connectivity index (χ3v) is 3.79. The van der Waals surface area contributed by atoms with Crippen LogP contribution >= 0.6 is 0 Å². The van der Waals surface area contributed by atoms with Crippen molar-refractivity contribution in [1.82, 2.24) is 10.2 Å². The molecule has 0 unspecified atom stereocenters. The Morgan fingerprint density at radius 1 is 1.19 bits per heavy atom. The quantitative estimate of drug-likeness (QED) is 0.633. The van der Waals surface area contributed by atoms with Crippen LogP contribution in [0.4, 0.5) is 0 Å². The van der Waals surface area contributed by atoms with E-state index in [4.69, 9.17) is 9.15 Å². The summed E-state index contributed by atoms with van der Waals surface area (Å²) >= 11 is 0. The summed E-state index contributed by atoms with van der Waals surface area (Å²) in [6, 6.07) is 18.6. The lowest BCUT2D eigenvalue weighted by atomic mass is 10.0. The maximum absolute atomic E-state index is 12.3. The van der Waals surface area contributed by atoms with Gasteiger partial charge < -0.3 is 9.15 Å². The van der Waals surface area contributed by atoms with Gasteiger partial charge in [-0.15, -0.1) is 10.2 Å². The molecule has 2 aromatic carbocycles. The highest BCUT2D eigenvalue weighted by Gasteiger charge is 2.15. The van der Waals surface area contributed by atoms with Crippen LogP contribution in [0.5, 0.6) is 0 Å². The summed E-state index contributed by atoms with van der Waals surface area (Å²) in [5, 5.41) is 17.0. The minimum atomic E-state index is -0.489. The third kappa shape index (κ3) is 4.33. The predicted octanol–water partition coefficient (Wildman–Crippen LogP) is 3.58. The van der Waals surface area contributed by atoms with Gasteiger partial charge >= 0.3 is 5.97 Å². The van der Waals surface area contributed by atoms with Crippen LogP contribution < -0.4 is 0 Å². The third-order valence-electron chi connectivity index (χ3n) is 3.79. The molecule has 0 radical (unpaired) electrons. The first-order chi connectivity index (χ1) is 12.7. The van der Waals surface area contributed by atoms with Crippen molar-refractivity contribution in [2.24, 2.45) is 5.92 Å². The number of ether oxygens (including phenoxy) is 1. The van der Waals surface area contributed by atoms with E-state index in [2.05, 4.69) is 16.3 Å². The molecule has 0 saturated carbocycles. The standard InChI is InChI=1S/C20H17N3O3/c1-14-22-23-19(26-14)17-8-5-9-18(11-17)20(24)25-13-16(12-21)10-15-6-3-2-4-7-15/h2-9,11,16H,10,13H2,1H3/t16-/m1/s1. The molecule has 1 atom stereocenters. The summed E-state index contributed by atoms with van der Waals surface area (Å²) < 4.78 is 10.7. The summed E-state index contributed by atoms with van der Waals surface area (Å²) in [4.78, 5) is 12.3. The van der Waals surface area contributed by atoms with Crippen LogP contribution in [-0.2, 0) is 11.2 Å². The smallest absolute Gasteiger partial charge is 0.338 e. The topological polar surface area (TPSA) is 89.0 Å². The molecule has 0 N–H and O–H groups in total. The highest BCUT2D eigenvalue weighted by molar-refractivity contribution is 5.90. The fraction of sp³-hybridized carbons (Fsp3) is 0.200. The van der Waals surface area contributed by atoms with Crippen molar-refractivity contribution >= 4 is 5.97 Å². The first-order valence-corrected chi connectivity index (χ1v) is 8.17. The Bertz CT molecular complexity index is 929. The summed E-state index contributed by atoms with van der Waals surface area (Å²) in [6.07, 6.45) is 0.534. The van der Waals surface area contributed by atoms with Crippen molar-refractivity contribution in [2.45, 2.75) is 13.3 Å². The summed E-state index contributed by atoms with van der Waals surface area (Å²) in [5.41, 5.74) is 2.04. The number of nitriles is 1. The van der Waals surface area contributed by atoms with Crippen LogP contribution in [-0.4, -0.2) is 22.8 Å². The average Bonchev–Trinajstić information content (AvgIpc) is 3.12. The van der Waals surface area contributed by atoms with Crippen molar-refractivity contribution in [3.05, 3.63) is 71.6 Å². The Labute approximate surface area is 151 Å². The van der Waals surface area contributed by atoms with Crippen LogP contribution in [0.1, 0.15) is 21.8 Å². The molecule has 0 bridgehead atoms. The van der Waals surface area contributed by atoms with E-state index in [9.17, 15) is 10.1 Å². The number of carbonyl (C=O) groups is 1. The fourth-order valence-corrected chi connectivity index (χ4v) is 2.49. The number of aromatic nitrogens is 2. The Hall–Kier alpha value is -3.46. The van der Waals surface area contributed by atoms with Crippen LogP contribution in [0.15, 0.2) is 59.0 Å². The minimum Gasteiger partial charge on any atom is -0.461 e. The van der Waals surface area contributed by atoms with E-state index in [0.29, 0.717) is 29.3 Å². The maximum atomic E-state index is 12.3. The molecule has 0 aliphatic heterocycles. The van der Waals surface area contributed by atoms with Gasteiger partial charge in [0.15, 0.2) is 0 Å². The predicted molar refractivity (Wildman–Crippen MR) is 94.0 cm³/mol. The molecule has 3 aromatic rings. The van der Waals surface area contributed by atoms with Crippen LogP contribution in [0.3, 0.4) is 0 Å². The molecule has 6 nitrogen and oxygen atoms in total. The molecule has 1 heterocycles. The Morgan fingerprint density at radius 2 is 2.00 bits per heavy atom. The molecular formula is C20H17N3O3. The van der Waals surface area contributed by atoms with E-state index in [1.807, 2.05) is 30.3 Å². The van der Waals surface area contributed by atoms with E-state index in [0.717, 1.165) is 5.56 Å². The van der Waals surface area contributed by atoms with Crippen molar-refractivity contribution in [2.75, 3.05) is 6.61 Å². The summed E-state index contributed by atoms with van der Waals surface area (Å²) in [6.45, 7) is 1.73. The lowest BCUT2D eigenvalue weighted by molar-refractivity contribution is 0.0468. The minimum absolute atomic E-state index is 0.0358. The molecule has 0 aliphatic rings. The number of nitrogens with zero attached hydrogens (tertiary/aromatic N) is 3. The second-order valence-electron chi connectivity index (χ2n) is 5.82. The number of esters is 1. The fourth-order valence-electron chi connectivity index (χ4n) is 2.49. The van der Waals surface area contributed by atoms with Crippen LogP contribution in [0.25, 0.3) is 11.5 Å². The summed E-state index contributed by atoms with van der Waals surface area (Å²) in [5.74, 6) is -0.0959. The zero-order valence-electron chi connectivity index (χ0n) is 14.3.